The third-order valence-corrected chi connectivity index (χ3v) is 3.31. The highest BCUT2D eigenvalue weighted by atomic mass is 32.2. The fraction of sp³-hybridized carbons (Fsp3) is 0.818. The third kappa shape index (κ3) is 3.74. The van der Waals surface area contributed by atoms with E-state index in [4.69, 9.17) is 4.18 Å². The SMILES string of the molecule is C=CC(COSC)C1CCCCC1. The van der Waals surface area contributed by atoms with E-state index >= 15 is 0 Å². The zero-order valence-corrected chi connectivity index (χ0v) is 9.31. The zero-order chi connectivity index (χ0) is 9.52. The van der Waals surface area contributed by atoms with Gasteiger partial charge >= 0.3 is 0 Å². The van der Waals surface area contributed by atoms with E-state index in [1.807, 2.05) is 6.26 Å². The molecule has 0 radical (unpaired) electrons. The van der Waals surface area contributed by atoms with E-state index in [1.165, 1.54) is 44.1 Å². The summed E-state index contributed by atoms with van der Waals surface area (Å²) in [5.41, 5.74) is 0. The summed E-state index contributed by atoms with van der Waals surface area (Å²) in [6.07, 6.45) is 11.0. The fourth-order valence-electron chi connectivity index (χ4n) is 2.11. The standard InChI is InChI=1S/C11H20OS/c1-3-10(9-12-13-2)11-7-5-4-6-8-11/h3,10-11H,1,4-9H2,2H3. The minimum absolute atomic E-state index is 0.577. The molecule has 1 atom stereocenters. The maximum atomic E-state index is 5.39. The van der Waals surface area contributed by atoms with Crippen molar-refractivity contribution in [2.45, 2.75) is 32.1 Å². The molecule has 1 fully saturated rings. The molecular weight excluding hydrogens is 180 g/mol. The summed E-state index contributed by atoms with van der Waals surface area (Å²) in [5.74, 6) is 1.41. The Morgan fingerprint density at radius 2 is 2.15 bits per heavy atom. The van der Waals surface area contributed by atoms with Gasteiger partial charge in [0.15, 0.2) is 0 Å². The van der Waals surface area contributed by atoms with E-state index in [9.17, 15) is 0 Å². The molecule has 1 unspecified atom stereocenters. The molecule has 1 saturated carbocycles. The van der Waals surface area contributed by atoms with Crippen LogP contribution in [0.15, 0.2) is 12.7 Å². The quantitative estimate of drug-likeness (QED) is 0.495. The summed E-state index contributed by atoms with van der Waals surface area (Å²) in [7, 11) is 0. The molecule has 0 saturated heterocycles. The van der Waals surface area contributed by atoms with Gasteiger partial charge in [0.1, 0.15) is 0 Å². The van der Waals surface area contributed by atoms with Crippen LogP contribution < -0.4 is 0 Å². The van der Waals surface area contributed by atoms with Crippen LogP contribution in [0.5, 0.6) is 0 Å². The average Bonchev–Trinajstić information content (AvgIpc) is 2.21. The van der Waals surface area contributed by atoms with Crippen molar-refractivity contribution in [1.82, 2.24) is 0 Å². The van der Waals surface area contributed by atoms with E-state index in [1.54, 1.807) is 0 Å². The Balaban J connectivity index is 2.30. The van der Waals surface area contributed by atoms with Crippen molar-refractivity contribution in [3.8, 4) is 0 Å². The van der Waals surface area contributed by atoms with Gasteiger partial charge in [-0.05, 0) is 30.8 Å². The summed E-state index contributed by atoms with van der Waals surface area (Å²) >= 11 is 1.46. The molecule has 0 amide bonds. The Labute approximate surface area is 86.1 Å². The van der Waals surface area contributed by atoms with Crippen molar-refractivity contribution < 1.29 is 4.18 Å². The Kier molecular flexibility index (Phi) is 5.56. The molecule has 2 heteroatoms. The van der Waals surface area contributed by atoms with Crippen LogP contribution in [0.2, 0.25) is 0 Å². The van der Waals surface area contributed by atoms with Crippen molar-refractivity contribution in [1.29, 1.82) is 0 Å². The molecule has 1 aliphatic carbocycles. The van der Waals surface area contributed by atoms with Gasteiger partial charge < -0.3 is 4.18 Å². The smallest absolute Gasteiger partial charge is 0.0678 e. The molecular formula is C11H20OS. The van der Waals surface area contributed by atoms with Gasteiger partial charge in [-0.3, -0.25) is 0 Å². The lowest BCUT2D eigenvalue weighted by Gasteiger charge is -2.27. The molecule has 0 spiro atoms. The van der Waals surface area contributed by atoms with E-state index in [0.29, 0.717) is 5.92 Å². The minimum atomic E-state index is 0.577. The third-order valence-electron chi connectivity index (χ3n) is 2.94. The number of hydrogen-bond acceptors (Lipinski definition) is 2. The summed E-state index contributed by atoms with van der Waals surface area (Å²) in [5, 5.41) is 0. The summed E-state index contributed by atoms with van der Waals surface area (Å²) < 4.78 is 5.39. The van der Waals surface area contributed by atoms with Crippen molar-refractivity contribution in [3.05, 3.63) is 12.7 Å². The van der Waals surface area contributed by atoms with Crippen LogP contribution >= 0.6 is 12.0 Å². The zero-order valence-electron chi connectivity index (χ0n) is 8.50. The lowest BCUT2D eigenvalue weighted by Crippen LogP contribution is -2.19. The fourth-order valence-corrected chi connectivity index (χ4v) is 2.40. The van der Waals surface area contributed by atoms with Crippen LogP contribution in [0.4, 0.5) is 0 Å². The van der Waals surface area contributed by atoms with E-state index in [0.717, 1.165) is 12.5 Å². The highest BCUT2D eigenvalue weighted by Gasteiger charge is 2.21. The second-order valence-corrected chi connectivity index (χ2v) is 4.32. The van der Waals surface area contributed by atoms with Gasteiger partial charge in [-0.2, -0.15) is 0 Å². The van der Waals surface area contributed by atoms with Gasteiger partial charge in [0.2, 0.25) is 0 Å². The highest BCUT2D eigenvalue weighted by Crippen LogP contribution is 2.31. The van der Waals surface area contributed by atoms with Gasteiger partial charge in [0.05, 0.1) is 6.61 Å². The largest absolute Gasteiger partial charge is 0.315 e. The maximum Gasteiger partial charge on any atom is 0.0678 e. The predicted octanol–water partition coefficient (Wildman–Crippen LogP) is 3.66. The highest BCUT2D eigenvalue weighted by molar-refractivity contribution is 7.93. The van der Waals surface area contributed by atoms with E-state index in [2.05, 4.69) is 12.7 Å². The Hall–Kier alpha value is 0.0500. The molecule has 0 bridgehead atoms. The van der Waals surface area contributed by atoms with E-state index in [-0.39, 0.29) is 0 Å². The van der Waals surface area contributed by atoms with Crippen molar-refractivity contribution in [3.63, 3.8) is 0 Å². The second kappa shape index (κ2) is 6.50. The molecule has 1 rings (SSSR count). The van der Waals surface area contributed by atoms with Crippen LogP contribution in [-0.2, 0) is 4.18 Å². The molecule has 13 heavy (non-hydrogen) atoms. The Morgan fingerprint density at radius 1 is 1.46 bits per heavy atom. The Morgan fingerprint density at radius 3 is 2.69 bits per heavy atom. The van der Waals surface area contributed by atoms with Crippen LogP contribution in [0.1, 0.15) is 32.1 Å². The molecule has 0 aromatic rings. The predicted molar refractivity (Wildman–Crippen MR) is 59.7 cm³/mol. The summed E-state index contributed by atoms with van der Waals surface area (Å²) in [4.78, 5) is 0. The first-order valence-electron chi connectivity index (χ1n) is 5.16. The molecule has 1 aliphatic rings. The van der Waals surface area contributed by atoms with Gasteiger partial charge in [-0.1, -0.05) is 25.3 Å². The molecule has 0 heterocycles. The number of hydrogen-bond donors (Lipinski definition) is 0. The first-order chi connectivity index (χ1) is 6.38. The molecule has 0 aliphatic heterocycles. The van der Waals surface area contributed by atoms with Gasteiger partial charge in [0.25, 0.3) is 0 Å². The second-order valence-electron chi connectivity index (χ2n) is 3.75. The van der Waals surface area contributed by atoms with Crippen LogP contribution in [0.3, 0.4) is 0 Å². The normalized spacial score (nSPS) is 21.3. The average molecular weight is 200 g/mol. The Bertz CT molecular complexity index is 141. The van der Waals surface area contributed by atoms with Gasteiger partial charge in [0, 0.05) is 12.2 Å². The molecule has 0 aromatic heterocycles. The topological polar surface area (TPSA) is 9.23 Å². The maximum absolute atomic E-state index is 5.39. The minimum Gasteiger partial charge on any atom is -0.315 e. The lowest BCUT2D eigenvalue weighted by molar-refractivity contribution is 0.214. The molecule has 0 N–H and O–H groups in total. The van der Waals surface area contributed by atoms with Crippen LogP contribution in [0, 0.1) is 11.8 Å². The first-order valence-corrected chi connectivity index (χ1v) is 6.31. The van der Waals surface area contributed by atoms with Gasteiger partial charge in [-0.15, -0.1) is 6.58 Å². The first kappa shape index (κ1) is 11.1. The van der Waals surface area contributed by atoms with Gasteiger partial charge in [-0.25, -0.2) is 0 Å². The van der Waals surface area contributed by atoms with Crippen molar-refractivity contribution in [2.24, 2.45) is 11.8 Å². The molecule has 0 aromatic carbocycles. The summed E-state index contributed by atoms with van der Waals surface area (Å²) in [6.45, 7) is 4.74. The monoisotopic (exact) mass is 200 g/mol. The number of rotatable bonds is 5. The van der Waals surface area contributed by atoms with Crippen molar-refractivity contribution >= 4 is 12.0 Å². The van der Waals surface area contributed by atoms with Crippen LogP contribution in [-0.4, -0.2) is 12.9 Å². The van der Waals surface area contributed by atoms with Crippen LogP contribution in [0.25, 0.3) is 0 Å². The van der Waals surface area contributed by atoms with Crippen molar-refractivity contribution in [2.75, 3.05) is 12.9 Å². The lowest BCUT2D eigenvalue weighted by atomic mass is 9.80. The summed E-state index contributed by atoms with van der Waals surface area (Å²) in [6, 6.07) is 0. The molecule has 1 nitrogen and oxygen atoms in total. The molecule has 76 valence electrons. The van der Waals surface area contributed by atoms with E-state index < -0.39 is 0 Å².